The van der Waals surface area contributed by atoms with Gasteiger partial charge in [0, 0.05) is 0 Å². The number of urea groups is 1. The average molecular weight is 407 g/mol. The minimum atomic E-state index is -0.997. The fraction of sp³-hybridized carbons (Fsp3) is 0.294. The summed E-state index contributed by atoms with van der Waals surface area (Å²) in [5.41, 5.74) is -0.945. The van der Waals surface area contributed by atoms with Crippen LogP contribution in [-0.2, 0) is 20.8 Å². The molecule has 0 saturated carbocycles. The van der Waals surface area contributed by atoms with Crippen LogP contribution in [-0.4, -0.2) is 52.1 Å². The Morgan fingerprint density at radius 2 is 1.72 bits per heavy atom. The first-order valence-corrected chi connectivity index (χ1v) is 8.50. The monoisotopic (exact) mass is 407 g/mol. The van der Waals surface area contributed by atoms with Crippen molar-refractivity contribution < 1.29 is 33.0 Å². The number of carbonyl (C=O) groups excluding carboxylic acids is 4. The Balaban J connectivity index is 2.12. The Labute approximate surface area is 164 Å². The van der Waals surface area contributed by atoms with E-state index in [1.165, 1.54) is 18.2 Å². The van der Waals surface area contributed by atoms with Crippen LogP contribution in [0.2, 0.25) is 0 Å². The molecule has 0 aliphatic heterocycles. The molecule has 1 aromatic heterocycles. The predicted molar refractivity (Wildman–Crippen MR) is 95.5 cm³/mol. The van der Waals surface area contributed by atoms with Gasteiger partial charge in [0.1, 0.15) is 12.4 Å². The standard InChI is InChI=1S/C17H18FN5O6/c1-3-28-15(25)13-14(16(26)29-4-2)23(22-21-13)9-12(24)20-17(27)19-11-8-6-5-7-10(11)18/h5-8H,3-4,9H2,1-2H3,(H2,19,20,24,27). The van der Waals surface area contributed by atoms with E-state index in [4.69, 9.17) is 9.47 Å². The van der Waals surface area contributed by atoms with Gasteiger partial charge >= 0.3 is 18.0 Å². The van der Waals surface area contributed by atoms with Crippen LogP contribution < -0.4 is 10.6 Å². The first-order valence-electron chi connectivity index (χ1n) is 8.50. The van der Waals surface area contributed by atoms with E-state index in [-0.39, 0.29) is 18.9 Å². The maximum Gasteiger partial charge on any atom is 0.361 e. The lowest BCUT2D eigenvalue weighted by atomic mass is 10.3. The van der Waals surface area contributed by atoms with E-state index in [1.54, 1.807) is 13.8 Å². The molecule has 1 heterocycles. The smallest absolute Gasteiger partial charge is 0.361 e. The number of rotatable bonds is 7. The summed E-state index contributed by atoms with van der Waals surface area (Å²) in [6, 6.07) is 4.38. The van der Waals surface area contributed by atoms with Gasteiger partial charge in [0.05, 0.1) is 18.9 Å². The van der Waals surface area contributed by atoms with Crippen LogP contribution in [0.1, 0.15) is 34.8 Å². The first-order chi connectivity index (χ1) is 13.9. The van der Waals surface area contributed by atoms with E-state index in [0.717, 1.165) is 10.7 Å². The summed E-state index contributed by atoms with van der Waals surface area (Å²) in [6.07, 6.45) is 0. The molecule has 29 heavy (non-hydrogen) atoms. The van der Waals surface area contributed by atoms with Crippen molar-refractivity contribution in [1.82, 2.24) is 20.3 Å². The van der Waals surface area contributed by atoms with E-state index in [1.807, 2.05) is 5.32 Å². The number of nitrogens with zero attached hydrogens (tertiary/aromatic N) is 3. The van der Waals surface area contributed by atoms with Crippen molar-refractivity contribution >= 4 is 29.6 Å². The van der Waals surface area contributed by atoms with Gasteiger partial charge in [-0.3, -0.25) is 10.1 Å². The highest BCUT2D eigenvalue weighted by Gasteiger charge is 2.28. The number of esters is 2. The highest BCUT2D eigenvalue weighted by molar-refractivity contribution is 6.02. The molecule has 0 atom stereocenters. The highest BCUT2D eigenvalue weighted by atomic mass is 19.1. The largest absolute Gasteiger partial charge is 0.461 e. The van der Waals surface area contributed by atoms with Gasteiger partial charge in [0.2, 0.25) is 11.6 Å². The Bertz CT molecular complexity index is 929. The maximum absolute atomic E-state index is 13.5. The molecule has 12 heteroatoms. The molecule has 0 fully saturated rings. The zero-order chi connectivity index (χ0) is 21.4. The van der Waals surface area contributed by atoms with E-state index in [0.29, 0.717) is 0 Å². The number of anilines is 1. The zero-order valence-corrected chi connectivity index (χ0v) is 15.6. The Hall–Kier alpha value is -3.83. The molecule has 0 saturated heterocycles. The van der Waals surface area contributed by atoms with Gasteiger partial charge in [-0.25, -0.2) is 23.5 Å². The van der Waals surface area contributed by atoms with Crippen LogP contribution in [0.3, 0.4) is 0 Å². The molecule has 3 amide bonds. The molecule has 0 unspecified atom stereocenters. The summed E-state index contributed by atoms with van der Waals surface area (Å²) < 4.78 is 24.0. The number of nitrogens with one attached hydrogen (secondary N) is 2. The second kappa shape index (κ2) is 9.92. The van der Waals surface area contributed by atoms with Crippen LogP contribution in [0, 0.1) is 5.82 Å². The van der Waals surface area contributed by atoms with Crippen LogP contribution in [0.15, 0.2) is 24.3 Å². The van der Waals surface area contributed by atoms with Gasteiger partial charge in [-0.2, -0.15) is 0 Å². The number of halogens is 1. The van der Waals surface area contributed by atoms with Gasteiger partial charge in [-0.05, 0) is 26.0 Å². The second-order valence-corrected chi connectivity index (χ2v) is 5.37. The third-order valence-electron chi connectivity index (χ3n) is 3.34. The number of imide groups is 1. The molecule has 1 aromatic carbocycles. The van der Waals surface area contributed by atoms with Crippen LogP contribution in [0.5, 0.6) is 0 Å². The SMILES string of the molecule is CCOC(=O)c1nnn(CC(=O)NC(=O)Nc2ccccc2F)c1C(=O)OCC. The molecule has 2 rings (SSSR count). The zero-order valence-electron chi connectivity index (χ0n) is 15.6. The van der Waals surface area contributed by atoms with Crippen molar-refractivity contribution in [2.75, 3.05) is 18.5 Å². The number of hydrogen-bond acceptors (Lipinski definition) is 8. The second-order valence-electron chi connectivity index (χ2n) is 5.37. The minimum absolute atomic E-state index is 0.00349. The average Bonchev–Trinajstić information content (AvgIpc) is 3.07. The van der Waals surface area contributed by atoms with Crippen LogP contribution in [0.25, 0.3) is 0 Å². The Morgan fingerprint density at radius 3 is 2.38 bits per heavy atom. The maximum atomic E-state index is 13.5. The van der Waals surface area contributed by atoms with Gasteiger partial charge in [-0.15, -0.1) is 5.10 Å². The summed E-state index contributed by atoms with van der Waals surface area (Å²) in [4.78, 5) is 48.1. The number of benzene rings is 1. The molecular weight excluding hydrogens is 389 g/mol. The number of carbonyl (C=O) groups is 4. The Morgan fingerprint density at radius 1 is 1.07 bits per heavy atom. The molecular formula is C17H18FN5O6. The summed E-state index contributed by atoms with van der Waals surface area (Å²) in [5.74, 6) is -3.44. The van der Waals surface area contributed by atoms with E-state index in [9.17, 15) is 23.6 Å². The van der Waals surface area contributed by atoms with Crippen molar-refractivity contribution in [2.24, 2.45) is 0 Å². The molecule has 2 aromatic rings. The molecule has 0 aliphatic carbocycles. The van der Waals surface area contributed by atoms with Crippen molar-refractivity contribution in [3.63, 3.8) is 0 Å². The summed E-state index contributed by atoms with van der Waals surface area (Å²) in [5, 5.41) is 11.3. The third-order valence-corrected chi connectivity index (χ3v) is 3.34. The summed E-state index contributed by atoms with van der Waals surface area (Å²) in [7, 11) is 0. The number of amides is 3. The fourth-order valence-corrected chi connectivity index (χ4v) is 2.18. The molecule has 0 bridgehead atoms. The third kappa shape index (κ3) is 5.57. The lowest BCUT2D eigenvalue weighted by molar-refractivity contribution is -0.120. The lowest BCUT2D eigenvalue weighted by Gasteiger charge is -2.09. The molecule has 11 nitrogen and oxygen atoms in total. The van der Waals surface area contributed by atoms with E-state index in [2.05, 4.69) is 15.6 Å². The summed E-state index contributed by atoms with van der Waals surface area (Å²) in [6.45, 7) is 2.52. The van der Waals surface area contributed by atoms with Gasteiger partial charge in [-0.1, -0.05) is 17.3 Å². The van der Waals surface area contributed by atoms with E-state index < -0.39 is 47.6 Å². The normalized spacial score (nSPS) is 10.2. The number of para-hydroxylation sites is 1. The lowest BCUT2D eigenvalue weighted by Crippen LogP contribution is -2.37. The molecule has 0 spiro atoms. The van der Waals surface area contributed by atoms with Crippen molar-refractivity contribution in [1.29, 1.82) is 0 Å². The highest BCUT2D eigenvalue weighted by Crippen LogP contribution is 2.12. The molecule has 154 valence electrons. The Kier molecular flexibility index (Phi) is 7.34. The van der Waals surface area contributed by atoms with Crippen LogP contribution >= 0.6 is 0 Å². The van der Waals surface area contributed by atoms with E-state index >= 15 is 0 Å². The molecule has 2 N–H and O–H groups in total. The first kappa shape index (κ1) is 21.5. The topological polar surface area (TPSA) is 142 Å². The van der Waals surface area contributed by atoms with Crippen molar-refractivity contribution in [2.45, 2.75) is 20.4 Å². The number of ether oxygens (including phenoxy) is 2. The van der Waals surface area contributed by atoms with Crippen molar-refractivity contribution in [3.8, 4) is 0 Å². The number of hydrogen-bond donors (Lipinski definition) is 2. The predicted octanol–water partition coefficient (Wildman–Crippen LogP) is 1.12. The quantitative estimate of drug-likeness (QED) is 0.651. The van der Waals surface area contributed by atoms with Gasteiger partial charge in [0.25, 0.3) is 0 Å². The van der Waals surface area contributed by atoms with Gasteiger partial charge < -0.3 is 14.8 Å². The van der Waals surface area contributed by atoms with Crippen LogP contribution in [0.4, 0.5) is 14.9 Å². The fourth-order valence-electron chi connectivity index (χ4n) is 2.18. The van der Waals surface area contributed by atoms with Crippen molar-refractivity contribution in [3.05, 3.63) is 41.5 Å². The molecule has 0 aliphatic rings. The van der Waals surface area contributed by atoms with Gasteiger partial charge in [0.15, 0.2) is 5.69 Å². The number of aromatic nitrogens is 3. The minimum Gasteiger partial charge on any atom is -0.461 e. The molecule has 0 radical (unpaired) electrons. The summed E-state index contributed by atoms with van der Waals surface area (Å²) >= 11 is 0.